The molecule has 0 bridgehead atoms. The Bertz CT molecular complexity index is 602. The zero-order chi connectivity index (χ0) is 14.1. The van der Waals surface area contributed by atoms with Gasteiger partial charge in [0.25, 0.3) is 0 Å². The Morgan fingerprint density at radius 2 is 2.00 bits per heavy atom. The molecule has 0 spiro atoms. The molecule has 1 heterocycles. The highest BCUT2D eigenvalue weighted by molar-refractivity contribution is 9.10. The van der Waals surface area contributed by atoms with Gasteiger partial charge in [0, 0.05) is 10.4 Å². The van der Waals surface area contributed by atoms with Gasteiger partial charge in [-0.1, -0.05) is 30.9 Å². The molecule has 0 unspecified atom stereocenters. The largest absolute Gasteiger partial charge is 0.207 e. The van der Waals surface area contributed by atoms with Gasteiger partial charge in [0.2, 0.25) is 0 Å². The lowest BCUT2D eigenvalue weighted by atomic mass is 9.89. The topological polar surface area (TPSA) is 43.6 Å². The summed E-state index contributed by atoms with van der Waals surface area (Å²) < 4.78 is 15.5. The number of nitrogens with zero attached hydrogens (tertiary/aromatic N) is 4. The number of aromatic nitrogens is 4. The maximum absolute atomic E-state index is 13.3. The molecule has 2 aromatic rings. The van der Waals surface area contributed by atoms with E-state index in [4.69, 9.17) is 11.6 Å². The minimum absolute atomic E-state index is 0.293. The van der Waals surface area contributed by atoms with Crippen molar-refractivity contribution in [3.63, 3.8) is 0 Å². The molecule has 0 aliphatic heterocycles. The third kappa shape index (κ3) is 2.59. The van der Waals surface area contributed by atoms with Gasteiger partial charge in [-0.25, -0.2) is 4.39 Å². The monoisotopic (exact) mass is 358 g/mol. The van der Waals surface area contributed by atoms with Gasteiger partial charge in [-0.15, -0.1) is 5.10 Å². The Balaban J connectivity index is 2.05. The Morgan fingerprint density at radius 1 is 1.25 bits per heavy atom. The fourth-order valence-electron chi connectivity index (χ4n) is 2.71. The van der Waals surface area contributed by atoms with Gasteiger partial charge in [0.15, 0.2) is 5.82 Å². The predicted molar refractivity (Wildman–Crippen MR) is 77.6 cm³/mol. The normalized spacial score (nSPS) is 16.6. The predicted octanol–water partition coefficient (Wildman–Crippen LogP) is 4.27. The molecule has 20 heavy (non-hydrogen) atoms. The van der Waals surface area contributed by atoms with E-state index in [-0.39, 0.29) is 0 Å². The van der Waals surface area contributed by atoms with Crippen LogP contribution in [0.15, 0.2) is 16.6 Å². The van der Waals surface area contributed by atoms with Crippen LogP contribution in [0.4, 0.5) is 4.39 Å². The van der Waals surface area contributed by atoms with Crippen molar-refractivity contribution in [3.05, 3.63) is 33.3 Å². The van der Waals surface area contributed by atoms with Gasteiger partial charge in [0.05, 0.1) is 5.02 Å². The van der Waals surface area contributed by atoms with E-state index in [2.05, 4.69) is 31.5 Å². The molecule has 1 saturated carbocycles. The SMILES string of the molecule is Fc1cc(Cl)c(-n2nnnc2C2CCCCC2)c(Br)c1. The smallest absolute Gasteiger partial charge is 0.159 e. The lowest BCUT2D eigenvalue weighted by Gasteiger charge is -2.21. The molecule has 106 valence electrons. The van der Waals surface area contributed by atoms with Crippen LogP contribution in [-0.2, 0) is 0 Å². The number of halogens is 3. The summed E-state index contributed by atoms with van der Waals surface area (Å²) in [5.74, 6) is 0.753. The fourth-order valence-corrected chi connectivity index (χ4v) is 3.71. The number of tetrazole rings is 1. The van der Waals surface area contributed by atoms with Crippen LogP contribution in [0.2, 0.25) is 5.02 Å². The number of rotatable bonds is 2. The zero-order valence-corrected chi connectivity index (χ0v) is 13.0. The standard InChI is InChI=1S/C13H13BrClFN4/c14-10-6-9(16)7-11(15)12(10)20-13(17-18-19-20)8-4-2-1-3-5-8/h6-8H,1-5H2. The summed E-state index contributed by atoms with van der Waals surface area (Å²) in [6.45, 7) is 0. The summed E-state index contributed by atoms with van der Waals surface area (Å²) in [5.41, 5.74) is 0.596. The molecule has 0 atom stereocenters. The van der Waals surface area contributed by atoms with Gasteiger partial charge < -0.3 is 0 Å². The molecule has 4 nitrogen and oxygen atoms in total. The van der Waals surface area contributed by atoms with E-state index in [1.54, 1.807) is 4.68 Å². The zero-order valence-electron chi connectivity index (χ0n) is 10.7. The lowest BCUT2D eigenvalue weighted by Crippen LogP contribution is -2.13. The van der Waals surface area contributed by atoms with E-state index in [1.807, 2.05) is 0 Å². The molecule has 1 aliphatic carbocycles. The molecule has 0 radical (unpaired) electrons. The second-order valence-electron chi connectivity index (χ2n) is 5.00. The van der Waals surface area contributed by atoms with Crippen LogP contribution in [0, 0.1) is 5.82 Å². The van der Waals surface area contributed by atoms with Crippen molar-refractivity contribution in [1.29, 1.82) is 0 Å². The molecule has 0 saturated heterocycles. The fraction of sp³-hybridized carbons (Fsp3) is 0.462. The third-order valence-electron chi connectivity index (χ3n) is 3.66. The highest BCUT2D eigenvalue weighted by atomic mass is 79.9. The molecular formula is C13H13BrClFN4. The second kappa shape index (κ2) is 5.77. The highest BCUT2D eigenvalue weighted by Crippen LogP contribution is 2.35. The van der Waals surface area contributed by atoms with Crippen molar-refractivity contribution in [2.24, 2.45) is 0 Å². The Morgan fingerprint density at radius 3 is 2.70 bits per heavy atom. The van der Waals surface area contributed by atoms with Crippen LogP contribution in [0.3, 0.4) is 0 Å². The molecule has 3 rings (SSSR count). The van der Waals surface area contributed by atoms with Gasteiger partial charge in [0.1, 0.15) is 11.5 Å². The number of hydrogen-bond acceptors (Lipinski definition) is 3. The van der Waals surface area contributed by atoms with Crippen LogP contribution < -0.4 is 0 Å². The van der Waals surface area contributed by atoms with Gasteiger partial charge >= 0.3 is 0 Å². The summed E-state index contributed by atoms with van der Waals surface area (Å²) >= 11 is 9.49. The summed E-state index contributed by atoms with van der Waals surface area (Å²) in [6, 6.07) is 2.64. The van der Waals surface area contributed by atoms with Crippen LogP contribution in [0.1, 0.15) is 43.8 Å². The van der Waals surface area contributed by atoms with Gasteiger partial charge in [-0.05, 0) is 51.3 Å². The van der Waals surface area contributed by atoms with Gasteiger partial charge in [-0.3, -0.25) is 0 Å². The summed E-state index contributed by atoms with van der Waals surface area (Å²) in [6.07, 6.45) is 5.80. The van der Waals surface area contributed by atoms with Crippen LogP contribution >= 0.6 is 27.5 Å². The van der Waals surface area contributed by atoms with Crippen molar-refractivity contribution in [2.75, 3.05) is 0 Å². The van der Waals surface area contributed by atoms with E-state index in [0.717, 1.165) is 18.7 Å². The molecule has 1 aromatic heterocycles. The van der Waals surface area contributed by atoms with Crippen molar-refractivity contribution < 1.29 is 4.39 Å². The Kier molecular flexibility index (Phi) is 4.03. The van der Waals surface area contributed by atoms with E-state index >= 15 is 0 Å². The van der Waals surface area contributed by atoms with E-state index in [1.165, 1.54) is 31.4 Å². The van der Waals surface area contributed by atoms with Crippen molar-refractivity contribution in [3.8, 4) is 5.69 Å². The highest BCUT2D eigenvalue weighted by Gasteiger charge is 2.24. The molecule has 7 heteroatoms. The van der Waals surface area contributed by atoms with Gasteiger partial charge in [-0.2, -0.15) is 4.68 Å². The summed E-state index contributed by atoms with van der Waals surface area (Å²) in [7, 11) is 0. The minimum atomic E-state index is -0.391. The Labute approximate surface area is 129 Å². The molecule has 1 fully saturated rings. The molecule has 0 N–H and O–H groups in total. The first kappa shape index (κ1) is 13.9. The van der Waals surface area contributed by atoms with Crippen molar-refractivity contribution in [2.45, 2.75) is 38.0 Å². The first-order chi connectivity index (χ1) is 9.66. The summed E-state index contributed by atoms with van der Waals surface area (Å²) in [4.78, 5) is 0. The van der Waals surface area contributed by atoms with Crippen molar-refractivity contribution in [1.82, 2.24) is 20.2 Å². The van der Waals surface area contributed by atoms with E-state index in [0.29, 0.717) is 21.1 Å². The van der Waals surface area contributed by atoms with Crippen LogP contribution in [-0.4, -0.2) is 20.2 Å². The van der Waals surface area contributed by atoms with Crippen molar-refractivity contribution >= 4 is 27.5 Å². The third-order valence-corrected chi connectivity index (χ3v) is 4.55. The molecule has 1 aromatic carbocycles. The van der Waals surface area contributed by atoms with Crippen LogP contribution in [0.25, 0.3) is 5.69 Å². The molecular weight excluding hydrogens is 347 g/mol. The average molecular weight is 360 g/mol. The lowest BCUT2D eigenvalue weighted by molar-refractivity contribution is 0.422. The number of benzene rings is 1. The van der Waals surface area contributed by atoms with E-state index < -0.39 is 5.82 Å². The maximum Gasteiger partial charge on any atom is 0.159 e. The average Bonchev–Trinajstić information content (AvgIpc) is 2.87. The number of hydrogen-bond donors (Lipinski definition) is 0. The van der Waals surface area contributed by atoms with E-state index in [9.17, 15) is 4.39 Å². The molecule has 1 aliphatic rings. The molecule has 0 amide bonds. The summed E-state index contributed by atoms with van der Waals surface area (Å²) in [5, 5.41) is 12.2. The first-order valence-corrected chi connectivity index (χ1v) is 7.77. The quantitative estimate of drug-likeness (QED) is 0.804. The minimum Gasteiger partial charge on any atom is -0.207 e. The second-order valence-corrected chi connectivity index (χ2v) is 6.26. The first-order valence-electron chi connectivity index (χ1n) is 6.60. The van der Waals surface area contributed by atoms with Crippen LogP contribution in [0.5, 0.6) is 0 Å². The Hall–Kier alpha value is -1.01. The maximum atomic E-state index is 13.3.